The Balaban J connectivity index is 2.39. The van der Waals surface area contributed by atoms with Crippen molar-refractivity contribution in [1.82, 2.24) is 4.98 Å². The van der Waals surface area contributed by atoms with Crippen LogP contribution in [0.4, 0.5) is 11.4 Å². The van der Waals surface area contributed by atoms with Gasteiger partial charge in [0, 0.05) is 12.1 Å². The van der Waals surface area contributed by atoms with Crippen molar-refractivity contribution in [3.05, 3.63) is 22.7 Å². The maximum Gasteiger partial charge on any atom is 0.417 e. The van der Waals surface area contributed by atoms with E-state index in [-0.39, 0.29) is 11.5 Å². The largest absolute Gasteiger partial charge is 0.417 e. The van der Waals surface area contributed by atoms with E-state index >= 15 is 0 Å². The first-order valence-corrected chi connectivity index (χ1v) is 5.96. The number of hydrogen-bond acceptors (Lipinski definition) is 4. The molecule has 18 heavy (non-hydrogen) atoms. The fourth-order valence-corrected chi connectivity index (χ4v) is 1.59. The average molecular weight is 249 g/mol. The van der Waals surface area contributed by atoms with Gasteiger partial charge in [-0.1, -0.05) is 20.8 Å². The molecule has 0 bridgehead atoms. The number of nitrogens with two attached hydrogens (primary N) is 1. The molecule has 5 nitrogen and oxygen atoms in total. The first-order chi connectivity index (χ1) is 8.27. The monoisotopic (exact) mass is 249 g/mol. The van der Waals surface area contributed by atoms with Crippen LogP contribution < -0.4 is 16.8 Å². The van der Waals surface area contributed by atoms with E-state index < -0.39 is 5.76 Å². The lowest BCUT2D eigenvalue weighted by Gasteiger charge is -2.29. The molecule has 0 aliphatic carbocycles. The lowest BCUT2D eigenvalue weighted by molar-refractivity contribution is 0.359. The van der Waals surface area contributed by atoms with Gasteiger partial charge in [-0.15, -0.1) is 0 Å². The standard InChI is InChI=1S/C13H19N3O2/c1-7(13(2,3)4)15-9-6-10-11(5-8(9)14)18-12(17)16-10/h5-7,15H,14H2,1-4H3,(H,16,17). The Bertz CT molecular complexity index is 619. The number of anilines is 2. The van der Waals surface area contributed by atoms with Gasteiger partial charge in [0.2, 0.25) is 0 Å². The van der Waals surface area contributed by atoms with E-state index in [1.165, 1.54) is 0 Å². The predicted octanol–water partition coefficient (Wildman–Crippen LogP) is 2.55. The fraction of sp³-hybridized carbons (Fsp3) is 0.462. The van der Waals surface area contributed by atoms with Crippen molar-refractivity contribution >= 4 is 22.5 Å². The van der Waals surface area contributed by atoms with Crippen LogP contribution in [0.1, 0.15) is 27.7 Å². The van der Waals surface area contributed by atoms with Crippen molar-refractivity contribution in [2.45, 2.75) is 33.7 Å². The maximum atomic E-state index is 11.1. The van der Waals surface area contributed by atoms with Crippen LogP contribution >= 0.6 is 0 Å². The number of fused-ring (bicyclic) bond motifs is 1. The first-order valence-electron chi connectivity index (χ1n) is 5.96. The van der Waals surface area contributed by atoms with Crippen LogP contribution in [0.15, 0.2) is 21.3 Å². The van der Waals surface area contributed by atoms with Crippen molar-refractivity contribution in [2.75, 3.05) is 11.1 Å². The van der Waals surface area contributed by atoms with Gasteiger partial charge in [0.15, 0.2) is 5.58 Å². The zero-order valence-corrected chi connectivity index (χ0v) is 11.1. The second-order valence-corrected chi connectivity index (χ2v) is 5.68. The highest BCUT2D eigenvalue weighted by Crippen LogP contribution is 2.28. The van der Waals surface area contributed by atoms with E-state index in [1.807, 2.05) is 0 Å². The van der Waals surface area contributed by atoms with E-state index in [0.717, 1.165) is 5.69 Å². The second-order valence-electron chi connectivity index (χ2n) is 5.68. The van der Waals surface area contributed by atoms with Gasteiger partial charge in [-0.25, -0.2) is 4.79 Å². The quantitative estimate of drug-likeness (QED) is 0.714. The molecule has 2 aromatic rings. The molecular weight excluding hydrogens is 230 g/mol. The molecule has 0 amide bonds. The number of nitrogens with one attached hydrogen (secondary N) is 2. The molecule has 2 rings (SSSR count). The summed E-state index contributed by atoms with van der Waals surface area (Å²) in [5, 5.41) is 3.36. The number of nitrogen functional groups attached to an aromatic ring is 1. The second kappa shape index (κ2) is 4.08. The third kappa shape index (κ3) is 2.34. The number of aromatic amines is 1. The minimum atomic E-state index is -0.467. The molecule has 1 atom stereocenters. The molecule has 0 radical (unpaired) electrons. The van der Waals surface area contributed by atoms with Crippen molar-refractivity contribution in [1.29, 1.82) is 0 Å². The van der Waals surface area contributed by atoms with E-state index in [1.54, 1.807) is 12.1 Å². The molecule has 1 unspecified atom stereocenters. The van der Waals surface area contributed by atoms with Crippen molar-refractivity contribution in [2.24, 2.45) is 5.41 Å². The summed E-state index contributed by atoms with van der Waals surface area (Å²) in [6.07, 6.45) is 0. The number of benzene rings is 1. The summed E-state index contributed by atoms with van der Waals surface area (Å²) in [5.74, 6) is -0.467. The lowest BCUT2D eigenvalue weighted by Crippen LogP contribution is -2.31. The molecular formula is C13H19N3O2. The summed E-state index contributed by atoms with van der Waals surface area (Å²) in [6.45, 7) is 8.55. The Hall–Kier alpha value is -1.91. The van der Waals surface area contributed by atoms with Crippen LogP contribution in [0.25, 0.3) is 11.1 Å². The minimum absolute atomic E-state index is 0.116. The molecule has 0 spiro atoms. The molecule has 0 saturated heterocycles. The van der Waals surface area contributed by atoms with Crippen LogP contribution in [-0.4, -0.2) is 11.0 Å². The fourth-order valence-electron chi connectivity index (χ4n) is 1.59. The predicted molar refractivity (Wildman–Crippen MR) is 73.8 cm³/mol. The van der Waals surface area contributed by atoms with E-state index in [2.05, 4.69) is 38.0 Å². The molecule has 1 aromatic carbocycles. The third-order valence-electron chi connectivity index (χ3n) is 3.26. The Labute approximate surface area is 105 Å². The first kappa shape index (κ1) is 12.5. The van der Waals surface area contributed by atoms with Crippen LogP contribution in [-0.2, 0) is 0 Å². The van der Waals surface area contributed by atoms with Gasteiger partial charge in [-0.3, -0.25) is 4.98 Å². The smallest absolute Gasteiger partial charge is 0.408 e. The molecule has 0 aliphatic rings. The number of rotatable bonds is 2. The summed E-state index contributed by atoms with van der Waals surface area (Å²) < 4.78 is 4.96. The topological polar surface area (TPSA) is 84.0 Å². The normalized spacial score (nSPS) is 13.8. The Morgan fingerprint density at radius 3 is 2.67 bits per heavy atom. The highest BCUT2D eigenvalue weighted by Gasteiger charge is 2.20. The van der Waals surface area contributed by atoms with Crippen molar-refractivity contribution in [3.63, 3.8) is 0 Å². The number of hydrogen-bond donors (Lipinski definition) is 3. The molecule has 5 heteroatoms. The minimum Gasteiger partial charge on any atom is -0.408 e. The van der Waals surface area contributed by atoms with Crippen LogP contribution in [0, 0.1) is 5.41 Å². The van der Waals surface area contributed by atoms with E-state index in [9.17, 15) is 4.79 Å². The summed E-state index contributed by atoms with van der Waals surface area (Å²) in [5.41, 5.74) is 8.57. The van der Waals surface area contributed by atoms with Crippen LogP contribution in [0.3, 0.4) is 0 Å². The Morgan fingerprint density at radius 1 is 1.39 bits per heavy atom. The van der Waals surface area contributed by atoms with E-state index in [4.69, 9.17) is 10.2 Å². The maximum absolute atomic E-state index is 11.1. The van der Waals surface area contributed by atoms with Gasteiger partial charge in [-0.05, 0) is 18.4 Å². The molecule has 0 fully saturated rings. The molecule has 98 valence electrons. The van der Waals surface area contributed by atoms with E-state index in [0.29, 0.717) is 16.8 Å². The average Bonchev–Trinajstić information content (AvgIpc) is 2.56. The number of aromatic nitrogens is 1. The van der Waals surface area contributed by atoms with Gasteiger partial charge >= 0.3 is 5.76 Å². The number of H-pyrrole nitrogens is 1. The summed E-state index contributed by atoms with van der Waals surface area (Å²) in [4.78, 5) is 13.7. The van der Waals surface area contributed by atoms with Crippen LogP contribution in [0.2, 0.25) is 0 Å². The van der Waals surface area contributed by atoms with Gasteiger partial charge in [-0.2, -0.15) is 0 Å². The van der Waals surface area contributed by atoms with Crippen molar-refractivity contribution < 1.29 is 4.42 Å². The molecule has 1 aromatic heterocycles. The van der Waals surface area contributed by atoms with Gasteiger partial charge < -0.3 is 15.5 Å². The van der Waals surface area contributed by atoms with Gasteiger partial charge in [0.1, 0.15) is 0 Å². The van der Waals surface area contributed by atoms with Crippen molar-refractivity contribution in [3.8, 4) is 0 Å². The summed E-state index contributed by atoms with van der Waals surface area (Å²) in [7, 11) is 0. The lowest BCUT2D eigenvalue weighted by atomic mass is 9.88. The molecule has 0 saturated carbocycles. The third-order valence-corrected chi connectivity index (χ3v) is 3.26. The summed E-state index contributed by atoms with van der Waals surface area (Å²) in [6, 6.07) is 3.71. The zero-order chi connectivity index (χ0) is 13.5. The zero-order valence-electron chi connectivity index (χ0n) is 11.1. The Kier molecular flexibility index (Phi) is 2.84. The van der Waals surface area contributed by atoms with Crippen LogP contribution in [0.5, 0.6) is 0 Å². The highest BCUT2D eigenvalue weighted by atomic mass is 16.4. The SMILES string of the molecule is CC(Nc1cc2[nH]c(=O)oc2cc1N)C(C)(C)C. The summed E-state index contributed by atoms with van der Waals surface area (Å²) >= 11 is 0. The number of oxazole rings is 1. The molecule has 0 aliphatic heterocycles. The molecule has 4 N–H and O–H groups in total. The highest BCUT2D eigenvalue weighted by molar-refractivity contribution is 5.85. The molecule has 1 heterocycles. The van der Waals surface area contributed by atoms with Gasteiger partial charge in [0.25, 0.3) is 0 Å². The van der Waals surface area contributed by atoms with Gasteiger partial charge in [0.05, 0.1) is 16.9 Å². The Morgan fingerprint density at radius 2 is 2.06 bits per heavy atom.